The Morgan fingerprint density at radius 2 is 2.00 bits per heavy atom. The molecule has 0 radical (unpaired) electrons. The number of anilines is 2. The molecule has 0 unspecified atom stereocenters. The summed E-state index contributed by atoms with van der Waals surface area (Å²) in [5, 5.41) is 4.07. The van der Waals surface area contributed by atoms with Gasteiger partial charge in [-0.25, -0.2) is 0 Å². The standard InChI is InChI=1S/C14H15ClN2/c1-10-5-6-13(16)14(7-10)17-9-11-3-2-4-12(15)8-11/h2-8,17H,9,16H2,1H3. The molecule has 0 heterocycles. The second-order valence-corrected chi connectivity index (χ2v) is 4.51. The first-order valence-corrected chi connectivity index (χ1v) is 5.87. The molecule has 2 nitrogen and oxygen atoms in total. The monoisotopic (exact) mass is 246 g/mol. The highest BCUT2D eigenvalue weighted by Gasteiger charge is 1.99. The van der Waals surface area contributed by atoms with Crippen molar-refractivity contribution in [2.75, 3.05) is 11.1 Å². The normalized spacial score (nSPS) is 10.2. The molecule has 0 aliphatic rings. The molecule has 0 atom stereocenters. The second-order valence-electron chi connectivity index (χ2n) is 4.07. The van der Waals surface area contributed by atoms with E-state index in [4.69, 9.17) is 17.3 Å². The van der Waals surface area contributed by atoms with Gasteiger partial charge in [-0.2, -0.15) is 0 Å². The van der Waals surface area contributed by atoms with Gasteiger partial charge in [0.25, 0.3) is 0 Å². The first-order valence-electron chi connectivity index (χ1n) is 5.49. The number of benzene rings is 2. The van der Waals surface area contributed by atoms with Crippen LogP contribution in [0.4, 0.5) is 11.4 Å². The molecule has 2 aromatic carbocycles. The summed E-state index contributed by atoms with van der Waals surface area (Å²) in [6.45, 7) is 2.76. The molecule has 2 rings (SSSR count). The molecule has 0 bridgehead atoms. The molecule has 88 valence electrons. The zero-order chi connectivity index (χ0) is 12.3. The molecule has 0 aromatic heterocycles. The molecule has 0 aliphatic carbocycles. The first-order chi connectivity index (χ1) is 8.15. The number of nitrogens with one attached hydrogen (secondary N) is 1. The summed E-state index contributed by atoms with van der Waals surface area (Å²) in [7, 11) is 0. The van der Waals surface area contributed by atoms with Crippen LogP contribution < -0.4 is 11.1 Å². The summed E-state index contributed by atoms with van der Waals surface area (Å²) >= 11 is 5.93. The molecule has 0 saturated carbocycles. The van der Waals surface area contributed by atoms with Crippen LogP contribution in [0.15, 0.2) is 42.5 Å². The van der Waals surface area contributed by atoms with Gasteiger partial charge in [-0.05, 0) is 42.3 Å². The Kier molecular flexibility index (Phi) is 3.55. The molecule has 0 aliphatic heterocycles. The molecule has 17 heavy (non-hydrogen) atoms. The van der Waals surface area contributed by atoms with Crippen LogP contribution in [0.5, 0.6) is 0 Å². The van der Waals surface area contributed by atoms with Gasteiger partial charge in [0.2, 0.25) is 0 Å². The lowest BCUT2D eigenvalue weighted by atomic mass is 10.1. The van der Waals surface area contributed by atoms with E-state index in [0.717, 1.165) is 22.0 Å². The van der Waals surface area contributed by atoms with Crippen molar-refractivity contribution >= 4 is 23.0 Å². The molecule has 3 N–H and O–H groups in total. The van der Waals surface area contributed by atoms with E-state index in [2.05, 4.69) is 5.32 Å². The third-order valence-electron chi connectivity index (χ3n) is 2.58. The van der Waals surface area contributed by atoms with Gasteiger partial charge in [0.15, 0.2) is 0 Å². The summed E-state index contributed by atoms with van der Waals surface area (Å²) in [6.07, 6.45) is 0. The molecular formula is C14H15ClN2. The zero-order valence-electron chi connectivity index (χ0n) is 9.70. The Morgan fingerprint density at radius 3 is 2.76 bits per heavy atom. The highest BCUT2D eigenvalue weighted by molar-refractivity contribution is 6.30. The predicted octanol–water partition coefficient (Wildman–Crippen LogP) is 3.84. The van der Waals surface area contributed by atoms with E-state index in [1.54, 1.807) is 0 Å². The highest BCUT2D eigenvalue weighted by atomic mass is 35.5. The zero-order valence-corrected chi connectivity index (χ0v) is 10.5. The Morgan fingerprint density at radius 1 is 1.18 bits per heavy atom. The third-order valence-corrected chi connectivity index (χ3v) is 2.82. The van der Waals surface area contributed by atoms with E-state index in [1.807, 2.05) is 49.4 Å². The van der Waals surface area contributed by atoms with Crippen LogP contribution in [0.1, 0.15) is 11.1 Å². The summed E-state index contributed by atoms with van der Waals surface area (Å²) < 4.78 is 0. The molecule has 3 heteroatoms. The predicted molar refractivity (Wildman–Crippen MR) is 74.4 cm³/mol. The Hall–Kier alpha value is -1.67. The van der Waals surface area contributed by atoms with E-state index in [-0.39, 0.29) is 0 Å². The first kappa shape index (κ1) is 11.8. The van der Waals surface area contributed by atoms with Crippen LogP contribution in [0, 0.1) is 6.92 Å². The molecule has 0 spiro atoms. The van der Waals surface area contributed by atoms with Gasteiger partial charge < -0.3 is 11.1 Å². The number of nitrogens with two attached hydrogens (primary N) is 1. The van der Waals surface area contributed by atoms with E-state index < -0.39 is 0 Å². The molecule has 0 saturated heterocycles. The van der Waals surface area contributed by atoms with Gasteiger partial charge >= 0.3 is 0 Å². The highest BCUT2D eigenvalue weighted by Crippen LogP contribution is 2.20. The lowest BCUT2D eigenvalue weighted by Crippen LogP contribution is -2.02. The van der Waals surface area contributed by atoms with Crippen LogP contribution >= 0.6 is 11.6 Å². The number of rotatable bonds is 3. The average Bonchev–Trinajstić information content (AvgIpc) is 2.30. The average molecular weight is 247 g/mol. The summed E-state index contributed by atoms with van der Waals surface area (Å²) in [5.74, 6) is 0. The summed E-state index contributed by atoms with van der Waals surface area (Å²) in [5.41, 5.74) is 9.94. The van der Waals surface area contributed by atoms with Crippen molar-refractivity contribution in [3.05, 3.63) is 58.6 Å². The Balaban J connectivity index is 2.09. The van der Waals surface area contributed by atoms with Crippen molar-refractivity contribution in [3.8, 4) is 0 Å². The van der Waals surface area contributed by atoms with Gasteiger partial charge in [-0.3, -0.25) is 0 Å². The lowest BCUT2D eigenvalue weighted by molar-refractivity contribution is 1.15. The van der Waals surface area contributed by atoms with E-state index in [0.29, 0.717) is 6.54 Å². The minimum atomic E-state index is 0.716. The Bertz CT molecular complexity index is 523. The fourth-order valence-electron chi connectivity index (χ4n) is 1.67. The quantitative estimate of drug-likeness (QED) is 0.808. The summed E-state index contributed by atoms with van der Waals surface area (Å²) in [6, 6.07) is 13.7. The van der Waals surface area contributed by atoms with Crippen molar-refractivity contribution < 1.29 is 0 Å². The molecule has 2 aromatic rings. The van der Waals surface area contributed by atoms with E-state index >= 15 is 0 Å². The van der Waals surface area contributed by atoms with Crippen molar-refractivity contribution in [1.29, 1.82) is 0 Å². The van der Waals surface area contributed by atoms with Crippen molar-refractivity contribution in [2.24, 2.45) is 0 Å². The second kappa shape index (κ2) is 5.11. The number of hydrogen-bond donors (Lipinski definition) is 2. The maximum absolute atomic E-state index is 5.93. The number of nitrogen functional groups attached to an aromatic ring is 1. The van der Waals surface area contributed by atoms with Crippen LogP contribution in [-0.4, -0.2) is 0 Å². The van der Waals surface area contributed by atoms with Crippen molar-refractivity contribution in [1.82, 2.24) is 0 Å². The number of aryl methyl sites for hydroxylation is 1. The van der Waals surface area contributed by atoms with E-state index in [1.165, 1.54) is 5.56 Å². The third kappa shape index (κ3) is 3.14. The number of hydrogen-bond acceptors (Lipinski definition) is 2. The fraction of sp³-hybridized carbons (Fsp3) is 0.143. The molecular weight excluding hydrogens is 232 g/mol. The van der Waals surface area contributed by atoms with Gasteiger partial charge in [0, 0.05) is 11.6 Å². The largest absolute Gasteiger partial charge is 0.397 e. The fourth-order valence-corrected chi connectivity index (χ4v) is 1.88. The van der Waals surface area contributed by atoms with Gasteiger partial charge in [0.1, 0.15) is 0 Å². The minimum Gasteiger partial charge on any atom is -0.397 e. The summed E-state index contributed by atoms with van der Waals surface area (Å²) in [4.78, 5) is 0. The van der Waals surface area contributed by atoms with Crippen LogP contribution in [0.25, 0.3) is 0 Å². The molecule has 0 amide bonds. The smallest absolute Gasteiger partial charge is 0.0579 e. The topological polar surface area (TPSA) is 38.0 Å². The minimum absolute atomic E-state index is 0.716. The molecule has 0 fully saturated rings. The van der Waals surface area contributed by atoms with Gasteiger partial charge in [0.05, 0.1) is 11.4 Å². The van der Waals surface area contributed by atoms with Gasteiger partial charge in [-0.1, -0.05) is 29.8 Å². The Labute approximate surface area is 106 Å². The number of halogens is 1. The van der Waals surface area contributed by atoms with Crippen LogP contribution in [0.3, 0.4) is 0 Å². The van der Waals surface area contributed by atoms with Gasteiger partial charge in [-0.15, -0.1) is 0 Å². The maximum atomic E-state index is 5.93. The van der Waals surface area contributed by atoms with E-state index in [9.17, 15) is 0 Å². The van der Waals surface area contributed by atoms with Crippen LogP contribution in [-0.2, 0) is 6.54 Å². The van der Waals surface area contributed by atoms with Crippen molar-refractivity contribution in [2.45, 2.75) is 13.5 Å². The van der Waals surface area contributed by atoms with Crippen molar-refractivity contribution in [3.63, 3.8) is 0 Å². The SMILES string of the molecule is Cc1ccc(N)c(NCc2cccc(Cl)c2)c1. The van der Waals surface area contributed by atoms with Crippen LogP contribution in [0.2, 0.25) is 5.02 Å². The lowest BCUT2D eigenvalue weighted by Gasteiger charge is -2.10. The maximum Gasteiger partial charge on any atom is 0.0579 e.